The lowest BCUT2D eigenvalue weighted by atomic mass is 9.90. The summed E-state index contributed by atoms with van der Waals surface area (Å²) in [5.74, 6) is -2.55. The minimum atomic E-state index is -2.08. The summed E-state index contributed by atoms with van der Waals surface area (Å²) in [6.07, 6.45) is 0.765. The predicted molar refractivity (Wildman–Crippen MR) is 71.5 cm³/mol. The first-order chi connectivity index (χ1) is 9.42. The second-order valence-corrected chi connectivity index (χ2v) is 4.77. The Hall–Kier alpha value is -2.34. The molecule has 0 aliphatic carbocycles. The standard InChI is InChI=1S/C14H15NO5/c16-12(17)5-6-14(20,13(18)19)7-9-8-15-11-4-2-1-3-10(9)11/h1-4,8,15,20H,5-7H2,(H,16,17)(H,18,19). The Morgan fingerprint density at radius 3 is 2.55 bits per heavy atom. The van der Waals surface area contributed by atoms with Crippen LogP contribution in [-0.2, 0) is 16.0 Å². The number of carboxylic acids is 2. The van der Waals surface area contributed by atoms with Crippen LogP contribution in [0.2, 0.25) is 0 Å². The number of aromatic amines is 1. The van der Waals surface area contributed by atoms with Gasteiger partial charge in [0, 0.05) is 29.9 Å². The van der Waals surface area contributed by atoms with E-state index in [0.29, 0.717) is 5.56 Å². The van der Waals surface area contributed by atoms with Gasteiger partial charge >= 0.3 is 11.9 Å². The van der Waals surface area contributed by atoms with Gasteiger partial charge in [0.2, 0.25) is 0 Å². The number of carbonyl (C=O) groups is 2. The summed E-state index contributed by atoms with van der Waals surface area (Å²) in [4.78, 5) is 24.8. The normalized spacial score (nSPS) is 14.1. The maximum Gasteiger partial charge on any atom is 0.336 e. The molecule has 6 heteroatoms. The van der Waals surface area contributed by atoms with Crippen LogP contribution in [0.15, 0.2) is 30.5 Å². The molecule has 0 aliphatic heterocycles. The molecule has 0 bridgehead atoms. The van der Waals surface area contributed by atoms with Crippen molar-refractivity contribution in [3.05, 3.63) is 36.0 Å². The predicted octanol–water partition coefficient (Wildman–Crippen LogP) is 1.39. The number of para-hydroxylation sites is 1. The number of aromatic nitrogens is 1. The molecule has 4 N–H and O–H groups in total. The Labute approximate surface area is 114 Å². The zero-order chi connectivity index (χ0) is 14.8. The number of aliphatic carboxylic acids is 2. The topological polar surface area (TPSA) is 111 Å². The molecule has 2 rings (SSSR count). The Balaban J connectivity index is 2.28. The number of fused-ring (bicyclic) bond motifs is 1. The molecule has 106 valence electrons. The Morgan fingerprint density at radius 1 is 1.20 bits per heavy atom. The maximum absolute atomic E-state index is 11.2. The monoisotopic (exact) mass is 277 g/mol. The molecule has 0 radical (unpaired) electrons. The number of rotatable bonds is 6. The van der Waals surface area contributed by atoms with Gasteiger partial charge in [-0.1, -0.05) is 18.2 Å². The van der Waals surface area contributed by atoms with Gasteiger partial charge in [-0.3, -0.25) is 4.79 Å². The second-order valence-electron chi connectivity index (χ2n) is 4.77. The van der Waals surface area contributed by atoms with E-state index in [9.17, 15) is 14.7 Å². The van der Waals surface area contributed by atoms with E-state index in [4.69, 9.17) is 10.2 Å². The van der Waals surface area contributed by atoms with Crippen LogP contribution in [0.5, 0.6) is 0 Å². The summed E-state index contributed by atoms with van der Waals surface area (Å²) in [6.45, 7) is 0. The van der Waals surface area contributed by atoms with Crippen molar-refractivity contribution in [1.29, 1.82) is 0 Å². The summed E-state index contributed by atoms with van der Waals surface area (Å²) in [7, 11) is 0. The van der Waals surface area contributed by atoms with Gasteiger partial charge < -0.3 is 20.3 Å². The Bertz CT molecular complexity index is 648. The number of H-pyrrole nitrogens is 1. The summed E-state index contributed by atoms with van der Waals surface area (Å²) < 4.78 is 0. The third-order valence-corrected chi connectivity index (χ3v) is 3.31. The highest BCUT2D eigenvalue weighted by Crippen LogP contribution is 2.25. The van der Waals surface area contributed by atoms with Crippen molar-refractivity contribution in [3.63, 3.8) is 0 Å². The molecule has 1 aromatic carbocycles. The van der Waals surface area contributed by atoms with Crippen molar-refractivity contribution in [3.8, 4) is 0 Å². The zero-order valence-corrected chi connectivity index (χ0v) is 10.7. The third-order valence-electron chi connectivity index (χ3n) is 3.31. The fraction of sp³-hybridized carbons (Fsp3) is 0.286. The molecule has 1 atom stereocenters. The largest absolute Gasteiger partial charge is 0.481 e. The highest BCUT2D eigenvalue weighted by molar-refractivity contribution is 5.85. The molecule has 0 amide bonds. The molecule has 0 saturated heterocycles. The molecule has 0 aliphatic rings. The van der Waals surface area contributed by atoms with Gasteiger partial charge in [0.1, 0.15) is 0 Å². The van der Waals surface area contributed by atoms with Crippen LogP contribution >= 0.6 is 0 Å². The average Bonchev–Trinajstić information content (AvgIpc) is 2.80. The maximum atomic E-state index is 11.2. The van der Waals surface area contributed by atoms with Gasteiger partial charge in [-0.2, -0.15) is 0 Å². The van der Waals surface area contributed by atoms with Gasteiger partial charge in [0.05, 0.1) is 0 Å². The van der Waals surface area contributed by atoms with E-state index in [1.54, 1.807) is 6.20 Å². The quantitative estimate of drug-likeness (QED) is 0.637. The molecule has 0 saturated carbocycles. The lowest BCUT2D eigenvalue weighted by Gasteiger charge is -2.22. The number of carboxylic acid groups (broad SMARTS) is 2. The zero-order valence-electron chi connectivity index (χ0n) is 10.7. The molecular formula is C14H15NO5. The molecule has 2 aromatic rings. The molecular weight excluding hydrogens is 262 g/mol. The lowest BCUT2D eigenvalue weighted by Crippen LogP contribution is -2.41. The molecule has 20 heavy (non-hydrogen) atoms. The van der Waals surface area contributed by atoms with Crippen LogP contribution in [-0.4, -0.2) is 37.8 Å². The van der Waals surface area contributed by atoms with Gasteiger partial charge in [0.15, 0.2) is 5.60 Å². The van der Waals surface area contributed by atoms with Crippen molar-refractivity contribution in [2.24, 2.45) is 0 Å². The fourth-order valence-electron chi connectivity index (χ4n) is 2.18. The molecule has 6 nitrogen and oxygen atoms in total. The number of nitrogens with one attached hydrogen (secondary N) is 1. The van der Waals surface area contributed by atoms with Crippen LogP contribution in [0.4, 0.5) is 0 Å². The smallest absolute Gasteiger partial charge is 0.336 e. The average molecular weight is 277 g/mol. The SMILES string of the molecule is O=C(O)CCC(O)(Cc1c[nH]c2ccccc12)C(=O)O. The lowest BCUT2D eigenvalue weighted by molar-refractivity contribution is -0.160. The third kappa shape index (κ3) is 2.80. The van der Waals surface area contributed by atoms with Crippen LogP contribution in [0.25, 0.3) is 10.9 Å². The van der Waals surface area contributed by atoms with Crippen molar-refractivity contribution in [1.82, 2.24) is 4.98 Å². The molecule has 0 fully saturated rings. The van der Waals surface area contributed by atoms with E-state index >= 15 is 0 Å². The van der Waals surface area contributed by atoms with Crippen molar-refractivity contribution in [2.75, 3.05) is 0 Å². The van der Waals surface area contributed by atoms with E-state index in [-0.39, 0.29) is 12.8 Å². The highest BCUT2D eigenvalue weighted by atomic mass is 16.4. The van der Waals surface area contributed by atoms with Crippen LogP contribution in [0, 0.1) is 0 Å². The number of hydrogen-bond donors (Lipinski definition) is 4. The second kappa shape index (κ2) is 5.34. The van der Waals surface area contributed by atoms with Gasteiger partial charge in [-0.25, -0.2) is 4.79 Å². The number of benzene rings is 1. The first-order valence-corrected chi connectivity index (χ1v) is 6.15. The first-order valence-electron chi connectivity index (χ1n) is 6.15. The number of hydrogen-bond acceptors (Lipinski definition) is 3. The molecule has 1 heterocycles. The highest BCUT2D eigenvalue weighted by Gasteiger charge is 2.37. The van der Waals surface area contributed by atoms with Crippen molar-refractivity contribution >= 4 is 22.8 Å². The first kappa shape index (κ1) is 14.1. The summed E-state index contributed by atoms with van der Waals surface area (Å²) in [5, 5.41) is 28.8. The molecule has 1 unspecified atom stereocenters. The minimum absolute atomic E-state index is 0.139. The van der Waals surface area contributed by atoms with Gasteiger partial charge in [-0.05, 0) is 18.1 Å². The number of aliphatic hydroxyl groups is 1. The van der Waals surface area contributed by atoms with E-state index < -0.39 is 24.0 Å². The van der Waals surface area contributed by atoms with E-state index in [1.807, 2.05) is 24.3 Å². The van der Waals surface area contributed by atoms with Crippen molar-refractivity contribution < 1.29 is 24.9 Å². The Kier molecular flexibility index (Phi) is 3.76. The molecule has 0 spiro atoms. The van der Waals surface area contributed by atoms with Crippen LogP contribution in [0.3, 0.4) is 0 Å². The van der Waals surface area contributed by atoms with Crippen LogP contribution < -0.4 is 0 Å². The van der Waals surface area contributed by atoms with E-state index in [1.165, 1.54) is 0 Å². The Morgan fingerprint density at radius 2 is 1.90 bits per heavy atom. The van der Waals surface area contributed by atoms with E-state index in [0.717, 1.165) is 10.9 Å². The fourth-order valence-corrected chi connectivity index (χ4v) is 2.18. The minimum Gasteiger partial charge on any atom is -0.481 e. The summed E-state index contributed by atoms with van der Waals surface area (Å²) in [5.41, 5.74) is -0.590. The van der Waals surface area contributed by atoms with Crippen LogP contribution in [0.1, 0.15) is 18.4 Å². The van der Waals surface area contributed by atoms with Gasteiger partial charge in [0.25, 0.3) is 0 Å². The van der Waals surface area contributed by atoms with E-state index in [2.05, 4.69) is 4.98 Å². The molecule has 1 aromatic heterocycles. The van der Waals surface area contributed by atoms with Crippen molar-refractivity contribution in [2.45, 2.75) is 24.9 Å². The summed E-state index contributed by atoms with van der Waals surface area (Å²) >= 11 is 0. The summed E-state index contributed by atoms with van der Waals surface area (Å²) in [6, 6.07) is 7.32. The van der Waals surface area contributed by atoms with Gasteiger partial charge in [-0.15, -0.1) is 0 Å².